The molecule has 2 atom stereocenters. The first-order valence-electron chi connectivity index (χ1n) is 10.6. The van der Waals surface area contributed by atoms with Gasteiger partial charge in [0.05, 0.1) is 17.1 Å². The summed E-state index contributed by atoms with van der Waals surface area (Å²) >= 11 is 1.28. The summed E-state index contributed by atoms with van der Waals surface area (Å²) in [7, 11) is -2.20. The molecule has 0 radical (unpaired) electrons. The molecule has 0 aliphatic carbocycles. The molecule has 3 rings (SSSR count). The molecule has 174 valence electrons. The summed E-state index contributed by atoms with van der Waals surface area (Å²) in [6, 6.07) is 10.5. The fraction of sp³-hybridized carbons (Fsp3) is 0.435. The third kappa shape index (κ3) is 6.10. The number of piperidine rings is 1. The Bertz CT molecular complexity index is 1030. The Morgan fingerprint density at radius 1 is 1.16 bits per heavy atom. The highest BCUT2D eigenvalue weighted by Gasteiger charge is 2.32. The van der Waals surface area contributed by atoms with Crippen LogP contribution >= 0.6 is 11.8 Å². The van der Waals surface area contributed by atoms with E-state index in [2.05, 4.69) is 19.2 Å². The molecule has 1 heterocycles. The number of nitrogens with zero attached hydrogens (tertiary/aromatic N) is 1. The van der Waals surface area contributed by atoms with Gasteiger partial charge in [-0.2, -0.15) is 4.31 Å². The summed E-state index contributed by atoms with van der Waals surface area (Å²) in [6.07, 6.45) is 0.992. The van der Waals surface area contributed by atoms with Crippen LogP contribution in [0.5, 0.6) is 0 Å². The molecule has 1 aliphatic heterocycles. The Morgan fingerprint density at radius 3 is 2.44 bits per heavy atom. The van der Waals surface area contributed by atoms with Crippen LogP contribution in [-0.4, -0.2) is 52.0 Å². The lowest BCUT2D eigenvalue weighted by Crippen LogP contribution is -2.42. The minimum atomic E-state index is -3.73. The van der Waals surface area contributed by atoms with Crippen molar-refractivity contribution in [3.05, 3.63) is 53.8 Å². The molecule has 1 amide bonds. The minimum absolute atomic E-state index is 0.0964. The standard InChI is InChI=1S/C23H29FN2O4S2/c1-16-12-17(2)15-26(14-16)32(28,29)20-8-9-22(31-19-6-4-18(24)5-7-19)21(13-20)23(27)25-10-11-30-3/h4-9,13,16-17H,10-12,14-15H2,1-3H3,(H,25,27)/t16-,17-/m0/s1. The second kappa shape index (κ2) is 10.8. The number of ether oxygens (including phenoxy) is 1. The Kier molecular flexibility index (Phi) is 8.32. The van der Waals surface area contributed by atoms with Crippen LogP contribution in [0.2, 0.25) is 0 Å². The number of rotatable bonds is 8. The molecule has 1 saturated heterocycles. The zero-order valence-electron chi connectivity index (χ0n) is 18.5. The van der Waals surface area contributed by atoms with Gasteiger partial charge in [0, 0.05) is 36.5 Å². The Labute approximate surface area is 193 Å². The fourth-order valence-electron chi connectivity index (χ4n) is 3.88. The lowest BCUT2D eigenvalue weighted by atomic mass is 9.94. The molecular formula is C23H29FN2O4S2. The van der Waals surface area contributed by atoms with Gasteiger partial charge in [-0.25, -0.2) is 12.8 Å². The number of hydrogen-bond acceptors (Lipinski definition) is 5. The zero-order chi connectivity index (χ0) is 23.3. The molecule has 0 bridgehead atoms. The zero-order valence-corrected chi connectivity index (χ0v) is 20.1. The van der Waals surface area contributed by atoms with Crippen molar-refractivity contribution in [3.63, 3.8) is 0 Å². The molecule has 0 spiro atoms. The highest BCUT2D eigenvalue weighted by molar-refractivity contribution is 7.99. The quantitative estimate of drug-likeness (QED) is 0.578. The Balaban J connectivity index is 1.95. The lowest BCUT2D eigenvalue weighted by molar-refractivity contribution is 0.0934. The second-order valence-corrected chi connectivity index (χ2v) is 11.3. The summed E-state index contributed by atoms with van der Waals surface area (Å²) in [5.74, 6) is -0.181. The summed E-state index contributed by atoms with van der Waals surface area (Å²) in [6.45, 7) is 5.68. The predicted molar refractivity (Wildman–Crippen MR) is 123 cm³/mol. The molecule has 0 saturated carbocycles. The van der Waals surface area contributed by atoms with Crippen LogP contribution in [0.4, 0.5) is 4.39 Å². The predicted octanol–water partition coefficient (Wildman–Crippen LogP) is 4.02. The molecule has 0 unspecified atom stereocenters. The first-order chi connectivity index (χ1) is 15.2. The van der Waals surface area contributed by atoms with Gasteiger partial charge in [-0.15, -0.1) is 0 Å². The lowest BCUT2D eigenvalue weighted by Gasteiger charge is -2.34. The summed E-state index contributed by atoms with van der Waals surface area (Å²) in [5.41, 5.74) is 0.259. The van der Waals surface area contributed by atoms with Gasteiger partial charge in [-0.05, 0) is 60.7 Å². The molecule has 1 fully saturated rings. The number of benzene rings is 2. The Morgan fingerprint density at radius 2 is 1.81 bits per heavy atom. The van der Waals surface area contributed by atoms with Crippen molar-refractivity contribution >= 4 is 27.7 Å². The van der Waals surface area contributed by atoms with Crippen LogP contribution < -0.4 is 5.32 Å². The van der Waals surface area contributed by atoms with Crippen molar-refractivity contribution in [1.29, 1.82) is 0 Å². The van der Waals surface area contributed by atoms with E-state index in [0.29, 0.717) is 31.1 Å². The summed E-state index contributed by atoms with van der Waals surface area (Å²) in [5, 5.41) is 2.76. The van der Waals surface area contributed by atoms with Crippen molar-refractivity contribution in [1.82, 2.24) is 9.62 Å². The number of methoxy groups -OCH3 is 1. The topological polar surface area (TPSA) is 75.7 Å². The minimum Gasteiger partial charge on any atom is -0.383 e. The van der Waals surface area contributed by atoms with Gasteiger partial charge in [0.15, 0.2) is 0 Å². The van der Waals surface area contributed by atoms with E-state index in [1.807, 2.05) is 0 Å². The van der Waals surface area contributed by atoms with E-state index in [9.17, 15) is 17.6 Å². The van der Waals surface area contributed by atoms with Crippen molar-refractivity contribution in [2.24, 2.45) is 11.8 Å². The van der Waals surface area contributed by atoms with Crippen molar-refractivity contribution in [2.45, 2.75) is 35.0 Å². The molecule has 2 aromatic carbocycles. The first-order valence-corrected chi connectivity index (χ1v) is 12.8. The molecule has 2 aromatic rings. The molecule has 1 N–H and O–H groups in total. The van der Waals surface area contributed by atoms with Crippen molar-refractivity contribution in [2.75, 3.05) is 33.4 Å². The van der Waals surface area contributed by atoms with Gasteiger partial charge in [0.1, 0.15) is 5.82 Å². The van der Waals surface area contributed by atoms with E-state index in [-0.39, 0.29) is 34.0 Å². The number of hydrogen-bond donors (Lipinski definition) is 1. The number of halogens is 1. The van der Waals surface area contributed by atoms with Crippen LogP contribution in [0.25, 0.3) is 0 Å². The fourth-order valence-corrected chi connectivity index (χ4v) is 6.51. The first kappa shape index (κ1) is 24.7. The van der Waals surface area contributed by atoms with E-state index in [1.54, 1.807) is 18.2 Å². The van der Waals surface area contributed by atoms with E-state index < -0.39 is 10.0 Å². The number of sulfonamides is 1. The largest absolute Gasteiger partial charge is 0.383 e. The van der Waals surface area contributed by atoms with Crippen LogP contribution in [0.1, 0.15) is 30.6 Å². The maximum absolute atomic E-state index is 13.3. The number of carbonyl (C=O) groups excluding carboxylic acids is 1. The van der Waals surface area contributed by atoms with Crippen molar-refractivity contribution < 1.29 is 22.3 Å². The third-order valence-electron chi connectivity index (χ3n) is 5.30. The summed E-state index contributed by atoms with van der Waals surface area (Å²) in [4.78, 5) is 14.3. The smallest absolute Gasteiger partial charge is 0.252 e. The van der Waals surface area contributed by atoms with Gasteiger partial charge in [0.2, 0.25) is 10.0 Å². The normalized spacial score (nSPS) is 19.6. The highest BCUT2D eigenvalue weighted by atomic mass is 32.2. The molecule has 32 heavy (non-hydrogen) atoms. The van der Waals surface area contributed by atoms with Gasteiger partial charge < -0.3 is 10.1 Å². The van der Waals surface area contributed by atoms with Gasteiger partial charge in [-0.1, -0.05) is 25.6 Å². The van der Waals surface area contributed by atoms with Gasteiger partial charge in [-0.3, -0.25) is 4.79 Å². The number of nitrogens with one attached hydrogen (secondary N) is 1. The molecule has 0 aromatic heterocycles. The maximum atomic E-state index is 13.3. The van der Waals surface area contributed by atoms with Crippen LogP contribution in [0, 0.1) is 17.7 Å². The molecule has 9 heteroatoms. The second-order valence-electron chi connectivity index (χ2n) is 8.23. The van der Waals surface area contributed by atoms with Crippen LogP contribution in [-0.2, 0) is 14.8 Å². The average Bonchev–Trinajstić information content (AvgIpc) is 2.75. The van der Waals surface area contributed by atoms with E-state index in [4.69, 9.17) is 4.74 Å². The third-order valence-corrected chi connectivity index (χ3v) is 8.21. The Hall–Kier alpha value is -1.94. The monoisotopic (exact) mass is 480 g/mol. The highest BCUT2D eigenvalue weighted by Crippen LogP contribution is 2.34. The van der Waals surface area contributed by atoms with Crippen LogP contribution in [0.15, 0.2) is 57.2 Å². The number of amides is 1. The van der Waals surface area contributed by atoms with Crippen molar-refractivity contribution in [3.8, 4) is 0 Å². The van der Waals surface area contributed by atoms with E-state index in [0.717, 1.165) is 11.3 Å². The molecular weight excluding hydrogens is 451 g/mol. The van der Waals surface area contributed by atoms with Crippen LogP contribution in [0.3, 0.4) is 0 Å². The SMILES string of the molecule is COCCNC(=O)c1cc(S(=O)(=O)N2C[C@@H](C)C[C@H](C)C2)ccc1Sc1ccc(F)cc1. The molecule has 1 aliphatic rings. The van der Waals surface area contributed by atoms with Gasteiger partial charge in [0.25, 0.3) is 5.91 Å². The maximum Gasteiger partial charge on any atom is 0.252 e. The average molecular weight is 481 g/mol. The van der Waals surface area contributed by atoms with E-state index in [1.165, 1.54) is 47.4 Å². The number of carbonyl (C=O) groups is 1. The summed E-state index contributed by atoms with van der Waals surface area (Å²) < 4.78 is 46.5. The molecule has 6 nitrogen and oxygen atoms in total. The van der Waals surface area contributed by atoms with Gasteiger partial charge >= 0.3 is 0 Å². The van der Waals surface area contributed by atoms with E-state index >= 15 is 0 Å².